The van der Waals surface area contributed by atoms with E-state index in [2.05, 4.69) is 11.4 Å². The number of aryl methyl sites for hydroxylation is 1. The number of para-hydroxylation sites is 1. The van der Waals surface area contributed by atoms with Crippen LogP contribution in [0, 0.1) is 11.7 Å². The number of benzene rings is 2. The summed E-state index contributed by atoms with van der Waals surface area (Å²) in [7, 11) is 0. The highest BCUT2D eigenvalue weighted by atomic mass is 19.1. The molecule has 156 valence electrons. The van der Waals surface area contributed by atoms with Crippen LogP contribution in [0.1, 0.15) is 36.4 Å². The maximum Gasteiger partial charge on any atom is 0.311 e. The molecule has 1 saturated heterocycles. The van der Waals surface area contributed by atoms with Crippen molar-refractivity contribution in [2.45, 2.75) is 31.7 Å². The number of carbonyl (C=O) groups is 3. The van der Waals surface area contributed by atoms with Crippen LogP contribution in [-0.2, 0) is 25.5 Å². The summed E-state index contributed by atoms with van der Waals surface area (Å²) in [6.07, 6.45) is 2.75. The normalized spacial score (nSPS) is 20.6. The molecule has 2 aromatic rings. The number of hydrogen-bond acceptors (Lipinski definition) is 4. The molecule has 4 rings (SSSR count). The van der Waals surface area contributed by atoms with E-state index in [0.29, 0.717) is 0 Å². The summed E-state index contributed by atoms with van der Waals surface area (Å²) in [4.78, 5) is 38.2. The Labute approximate surface area is 174 Å². The average molecular weight is 410 g/mol. The molecule has 0 unspecified atom stereocenters. The van der Waals surface area contributed by atoms with Crippen LogP contribution >= 0.6 is 0 Å². The molecule has 0 bridgehead atoms. The fourth-order valence-electron chi connectivity index (χ4n) is 4.16. The summed E-state index contributed by atoms with van der Waals surface area (Å²) in [5.74, 6) is -2.58. The third kappa shape index (κ3) is 4.20. The topological polar surface area (TPSA) is 75.7 Å². The number of amides is 2. The number of carbonyl (C=O) groups excluding carboxylic acids is 3. The predicted molar refractivity (Wildman–Crippen MR) is 108 cm³/mol. The smallest absolute Gasteiger partial charge is 0.311 e. The predicted octanol–water partition coefficient (Wildman–Crippen LogP) is 2.92. The second kappa shape index (κ2) is 8.65. The van der Waals surface area contributed by atoms with Gasteiger partial charge in [0, 0.05) is 13.0 Å². The molecule has 0 aromatic heterocycles. The lowest BCUT2D eigenvalue weighted by Gasteiger charge is -2.26. The summed E-state index contributed by atoms with van der Waals surface area (Å²) in [5.41, 5.74) is 2.47. The Kier molecular flexibility index (Phi) is 5.79. The molecule has 0 radical (unpaired) electrons. The quantitative estimate of drug-likeness (QED) is 0.769. The van der Waals surface area contributed by atoms with Gasteiger partial charge in [-0.25, -0.2) is 4.39 Å². The lowest BCUT2D eigenvalue weighted by molar-refractivity contribution is -0.152. The Morgan fingerprint density at radius 2 is 1.90 bits per heavy atom. The van der Waals surface area contributed by atoms with E-state index < -0.39 is 24.3 Å². The molecule has 0 saturated carbocycles. The second-order valence-electron chi connectivity index (χ2n) is 7.68. The van der Waals surface area contributed by atoms with Gasteiger partial charge >= 0.3 is 5.97 Å². The van der Waals surface area contributed by atoms with Gasteiger partial charge in [0.05, 0.1) is 17.6 Å². The Bertz CT molecular complexity index is 977. The van der Waals surface area contributed by atoms with Crippen LogP contribution in [0.2, 0.25) is 0 Å². The summed E-state index contributed by atoms with van der Waals surface area (Å²) in [6, 6.07) is 13.8. The van der Waals surface area contributed by atoms with Crippen molar-refractivity contribution in [3.05, 3.63) is 65.5 Å². The van der Waals surface area contributed by atoms with Gasteiger partial charge in [-0.2, -0.15) is 0 Å². The Balaban J connectivity index is 1.31. The molecular weight excluding hydrogens is 387 g/mol. The zero-order valence-electron chi connectivity index (χ0n) is 16.5. The van der Waals surface area contributed by atoms with Crippen molar-refractivity contribution in [2.75, 3.05) is 18.1 Å². The molecule has 6 nitrogen and oxygen atoms in total. The maximum atomic E-state index is 14.0. The van der Waals surface area contributed by atoms with E-state index in [-0.39, 0.29) is 36.5 Å². The first-order valence-electron chi connectivity index (χ1n) is 10.1. The van der Waals surface area contributed by atoms with Gasteiger partial charge in [0.25, 0.3) is 5.91 Å². The standard InChI is InChI=1S/C23H23FN2O4/c24-18-9-3-4-11-20(18)26-13-16(12-22(26)28)23(29)30-14-21(27)25-19-10-5-7-15-6-1-2-8-17(15)19/h1-4,6,8-9,11,16,19H,5,7,10,12-14H2,(H,25,27)/t16-,19+/m0/s1. The summed E-state index contributed by atoms with van der Waals surface area (Å²) in [5, 5.41) is 2.93. The van der Waals surface area contributed by atoms with E-state index in [1.165, 1.54) is 28.7 Å². The third-order valence-electron chi connectivity index (χ3n) is 5.65. The van der Waals surface area contributed by atoms with Crippen molar-refractivity contribution in [1.82, 2.24) is 5.32 Å². The number of fused-ring (bicyclic) bond motifs is 1. The number of esters is 1. The van der Waals surface area contributed by atoms with Gasteiger partial charge in [-0.1, -0.05) is 36.4 Å². The van der Waals surface area contributed by atoms with Crippen molar-refractivity contribution in [3.63, 3.8) is 0 Å². The van der Waals surface area contributed by atoms with Crippen molar-refractivity contribution >= 4 is 23.5 Å². The van der Waals surface area contributed by atoms with E-state index >= 15 is 0 Å². The van der Waals surface area contributed by atoms with Gasteiger partial charge in [0.2, 0.25) is 5.91 Å². The fourth-order valence-corrected chi connectivity index (χ4v) is 4.16. The minimum Gasteiger partial charge on any atom is -0.455 e. The first kappa shape index (κ1) is 20.1. The number of ether oxygens (including phenoxy) is 1. The first-order valence-corrected chi connectivity index (χ1v) is 10.1. The lowest BCUT2D eigenvalue weighted by atomic mass is 9.88. The van der Waals surface area contributed by atoms with Crippen LogP contribution in [0.15, 0.2) is 48.5 Å². The molecule has 2 aromatic carbocycles. The van der Waals surface area contributed by atoms with E-state index in [1.807, 2.05) is 18.2 Å². The highest BCUT2D eigenvalue weighted by Crippen LogP contribution is 2.30. The maximum absolute atomic E-state index is 14.0. The van der Waals surface area contributed by atoms with Gasteiger partial charge in [0.1, 0.15) is 5.82 Å². The zero-order chi connectivity index (χ0) is 21.1. The molecule has 1 fully saturated rings. The molecule has 1 aliphatic heterocycles. The van der Waals surface area contributed by atoms with Crippen LogP contribution in [0.25, 0.3) is 0 Å². The van der Waals surface area contributed by atoms with Crippen molar-refractivity contribution < 1.29 is 23.5 Å². The minimum absolute atomic E-state index is 0.0379. The van der Waals surface area contributed by atoms with Gasteiger partial charge < -0.3 is 15.0 Å². The molecule has 1 heterocycles. The monoisotopic (exact) mass is 410 g/mol. The Hall–Kier alpha value is -3.22. The van der Waals surface area contributed by atoms with Gasteiger partial charge in [-0.05, 0) is 42.5 Å². The molecule has 30 heavy (non-hydrogen) atoms. The van der Waals surface area contributed by atoms with Gasteiger partial charge in [-0.15, -0.1) is 0 Å². The SMILES string of the molecule is O=C(COC(=O)[C@H]1CC(=O)N(c2ccccc2F)C1)N[C@@H]1CCCc2ccccc21. The minimum atomic E-state index is -0.722. The van der Waals surface area contributed by atoms with Gasteiger partial charge in [0.15, 0.2) is 6.61 Å². The summed E-state index contributed by atoms with van der Waals surface area (Å²) < 4.78 is 19.1. The molecule has 1 aliphatic carbocycles. The van der Waals surface area contributed by atoms with Crippen LogP contribution in [-0.4, -0.2) is 30.9 Å². The highest BCUT2D eigenvalue weighted by molar-refractivity contribution is 5.99. The van der Waals surface area contributed by atoms with E-state index in [4.69, 9.17) is 4.74 Å². The zero-order valence-corrected chi connectivity index (χ0v) is 16.5. The van der Waals surface area contributed by atoms with Crippen LogP contribution in [0.4, 0.5) is 10.1 Å². The van der Waals surface area contributed by atoms with Crippen molar-refractivity contribution in [1.29, 1.82) is 0 Å². The molecule has 1 N–H and O–H groups in total. The second-order valence-corrected chi connectivity index (χ2v) is 7.68. The molecule has 2 amide bonds. The van der Waals surface area contributed by atoms with Crippen LogP contribution < -0.4 is 10.2 Å². The first-order chi connectivity index (χ1) is 14.5. The molecule has 2 aliphatic rings. The van der Waals surface area contributed by atoms with Crippen molar-refractivity contribution in [3.8, 4) is 0 Å². The molecule has 7 heteroatoms. The summed E-state index contributed by atoms with van der Waals surface area (Å²) >= 11 is 0. The Morgan fingerprint density at radius 3 is 2.73 bits per heavy atom. The largest absolute Gasteiger partial charge is 0.455 e. The highest BCUT2D eigenvalue weighted by Gasteiger charge is 2.37. The van der Waals surface area contributed by atoms with Crippen molar-refractivity contribution in [2.24, 2.45) is 5.92 Å². The fraction of sp³-hybridized carbons (Fsp3) is 0.348. The Morgan fingerprint density at radius 1 is 1.13 bits per heavy atom. The van der Waals surface area contributed by atoms with Gasteiger partial charge in [-0.3, -0.25) is 14.4 Å². The number of nitrogens with one attached hydrogen (secondary N) is 1. The average Bonchev–Trinajstić information content (AvgIpc) is 3.14. The molecule has 0 spiro atoms. The number of nitrogens with zero attached hydrogens (tertiary/aromatic N) is 1. The van der Waals surface area contributed by atoms with E-state index in [0.717, 1.165) is 24.8 Å². The number of anilines is 1. The lowest BCUT2D eigenvalue weighted by Crippen LogP contribution is -2.35. The number of halogens is 1. The number of hydrogen-bond donors (Lipinski definition) is 1. The third-order valence-corrected chi connectivity index (χ3v) is 5.65. The summed E-state index contributed by atoms with van der Waals surface area (Å²) in [6.45, 7) is -0.363. The van der Waals surface area contributed by atoms with Crippen LogP contribution in [0.3, 0.4) is 0 Å². The molecule has 2 atom stereocenters. The van der Waals surface area contributed by atoms with E-state index in [9.17, 15) is 18.8 Å². The number of rotatable bonds is 5. The van der Waals surface area contributed by atoms with E-state index in [1.54, 1.807) is 6.07 Å². The van der Waals surface area contributed by atoms with Crippen LogP contribution in [0.5, 0.6) is 0 Å². The molecular formula is C23H23FN2O4.